The lowest BCUT2D eigenvalue weighted by Crippen LogP contribution is -2.39. The predicted octanol–water partition coefficient (Wildman–Crippen LogP) is 1.59. The molecule has 1 saturated heterocycles. The van der Waals surface area contributed by atoms with E-state index in [4.69, 9.17) is 0 Å². The Balaban J connectivity index is 2.33. The summed E-state index contributed by atoms with van der Waals surface area (Å²) in [5.41, 5.74) is 0.462. The van der Waals surface area contributed by atoms with E-state index in [0.717, 1.165) is 25.5 Å². The zero-order chi connectivity index (χ0) is 15.4. The molecule has 1 aliphatic rings. The van der Waals surface area contributed by atoms with Crippen LogP contribution in [-0.2, 0) is 0 Å². The van der Waals surface area contributed by atoms with Gasteiger partial charge in [-0.15, -0.1) is 0 Å². The highest BCUT2D eigenvalue weighted by Gasteiger charge is 2.25. The van der Waals surface area contributed by atoms with E-state index in [1.807, 2.05) is 0 Å². The third-order valence-corrected chi connectivity index (χ3v) is 3.77. The summed E-state index contributed by atoms with van der Waals surface area (Å²) >= 11 is 0. The van der Waals surface area contributed by atoms with Crippen LogP contribution in [-0.4, -0.2) is 42.3 Å². The maximum absolute atomic E-state index is 13.6. The highest BCUT2D eigenvalue weighted by molar-refractivity contribution is 5.65. The highest BCUT2D eigenvalue weighted by atomic mass is 19.1. The molecule has 0 amide bonds. The molecular formula is C14H20FN3O3. The van der Waals surface area contributed by atoms with Gasteiger partial charge in [-0.3, -0.25) is 10.1 Å². The number of nitro benzene ring substituents is 1. The number of nitro groups is 1. The molecule has 0 bridgehead atoms. The minimum atomic E-state index is -0.589. The van der Waals surface area contributed by atoms with Crippen LogP contribution >= 0.6 is 0 Å². The molecule has 1 heterocycles. The van der Waals surface area contributed by atoms with Gasteiger partial charge in [0.1, 0.15) is 11.5 Å². The smallest absolute Gasteiger partial charge is 0.295 e. The fraction of sp³-hybridized carbons (Fsp3) is 0.571. The number of nitrogens with one attached hydrogen (secondary N) is 1. The highest BCUT2D eigenvalue weighted by Crippen LogP contribution is 2.31. The first kappa shape index (κ1) is 15.7. The zero-order valence-electron chi connectivity index (χ0n) is 12.0. The number of rotatable bonds is 6. The standard InChI is InChI=1S/C14H20FN3O3/c1-10-7-13(14(18(20)21)8-12(10)15)17(5-6-19)9-11-3-2-4-16-11/h7-8,11,16,19H,2-6,9H2,1H3. The molecule has 1 unspecified atom stereocenters. The van der Waals surface area contributed by atoms with Gasteiger partial charge in [-0.05, 0) is 37.9 Å². The van der Waals surface area contributed by atoms with Crippen LogP contribution in [0.5, 0.6) is 0 Å². The lowest BCUT2D eigenvalue weighted by Gasteiger charge is -2.27. The summed E-state index contributed by atoms with van der Waals surface area (Å²) in [5, 5.41) is 23.7. The molecule has 1 aliphatic heterocycles. The van der Waals surface area contributed by atoms with Crippen molar-refractivity contribution in [3.05, 3.63) is 33.6 Å². The molecule has 1 aromatic rings. The van der Waals surface area contributed by atoms with Crippen LogP contribution < -0.4 is 10.2 Å². The fourth-order valence-electron chi connectivity index (χ4n) is 2.66. The van der Waals surface area contributed by atoms with Crippen molar-refractivity contribution in [2.24, 2.45) is 0 Å². The fourth-order valence-corrected chi connectivity index (χ4v) is 2.66. The Morgan fingerprint density at radius 2 is 2.33 bits per heavy atom. The third-order valence-electron chi connectivity index (χ3n) is 3.77. The number of aliphatic hydroxyl groups excluding tert-OH is 1. The van der Waals surface area contributed by atoms with Gasteiger partial charge in [0.2, 0.25) is 0 Å². The summed E-state index contributed by atoms with van der Waals surface area (Å²) in [4.78, 5) is 12.3. The SMILES string of the molecule is Cc1cc(N(CCO)CC2CCCN2)c([N+](=O)[O-])cc1F. The van der Waals surface area contributed by atoms with E-state index in [1.54, 1.807) is 11.8 Å². The molecule has 0 radical (unpaired) electrons. The van der Waals surface area contributed by atoms with E-state index in [9.17, 15) is 19.6 Å². The van der Waals surface area contributed by atoms with Crippen molar-refractivity contribution in [1.82, 2.24) is 5.32 Å². The predicted molar refractivity (Wildman–Crippen MR) is 78.1 cm³/mol. The first-order valence-corrected chi connectivity index (χ1v) is 7.06. The Morgan fingerprint density at radius 3 is 2.90 bits per heavy atom. The summed E-state index contributed by atoms with van der Waals surface area (Å²) < 4.78 is 13.6. The topological polar surface area (TPSA) is 78.6 Å². The Labute approximate surface area is 122 Å². The molecule has 0 aromatic heterocycles. The van der Waals surface area contributed by atoms with E-state index in [-0.39, 0.29) is 24.9 Å². The van der Waals surface area contributed by atoms with Gasteiger partial charge in [0.25, 0.3) is 5.69 Å². The number of halogens is 1. The molecule has 1 fully saturated rings. The number of hydrogen-bond donors (Lipinski definition) is 2. The van der Waals surface area contributed by atoms with Gasteiger partial charge in [0.15, 0.2) is 0 Å². The van der Waals surface area contributed by atoms with Crippen molar-refractivity contribution in [2.75, 3.05) is 31.1 Å². The summed E-state index contributed by atoms with van der Waals surface area (Å²) in [7, 11) is 0. The second kappa shape index (κ2) is 6.82. The summed E-state index contributed by atoms with van der Waals surface area (Å²) in [6.45, 7) is 3.24. The number of aryl methyl sites for hydroxylation is 1. The molecular weight excluding hydrogens is 277 g/mol. The molecule has 0 aliphatic carbocycles. The molecule has 116 valence electrons. The van der Waals surface area contributed by atoms with Gasteiger partial charge in [-0.1, -0.05) is 0 Å². The van der Waals surface area contributed by atoms with Gasteiger partial charge in [-0.2, -0.15) is 0 Å². The Kier molecular flexibility index (Phi) is 5.08. The monoisotopic (exact) mass is 297 g/mol. The lowest BCUT2D eigenvalue weighted by atomic mass is 10.1. The van der Waals surface area contributed by atoms with Gasteiger partial charge >= 0.3 is 0 Å². The van der Waals surface area contributed by atoms with Crippen LogP contribution in [0.15, 0.2) is 12.1 Å². The van der Waals surface area contributed by atoms with Crippen molar-refractivity contribution in [3.63, 3.8) is 0 Å². The molecule has 1 atom stereocenters. The van der Waals surface area contributed by atoms with Crippen molar-refractivity contribution >= 4 is 11.4 Å². The molecule has 2 N–H and O–H groups in total. The van der Waals surface area contributed by atoms with Crippen molar-refractivity contribution in [2.45, 2.75) is 25.8 Å². The lowest BCUT2D eigenvalue weighted by molar-refractivity contribution is -0.384. The Morgan fingerprint density at radius 1 is 1.57 bits per heavy atom. The number of hydrogen-bond acceptors (Lipinski definition) is 5. The van der Waals surface area contributed by atoms with Crippen molar-refractivity contribution in [3.8, 4) is 0 Å². The van der Waals surface area contributed by atoms with Crippen LogP contribution in [0.1, 0.15) is 18.4 Å². The van der Waals surface area contributed by atoms with Crippen LogP contribution in [0.3, 0.4) is 0 Å². The summed E-state index contributed by atoms with van der Waals surface area (Å²) in [5.74, 6) is -0.589. The Hall–Kier alpha value is -1.73. The van der Waals surface area contributed by atoms with Crippen molar-refractivity contribution in [1.29, 1.82) is 0 Å². The van der Waals surface area contributed by atoms with Gasteiger partial charge in [0.05, 0.1) is 17.6 Å². The molecule has 7 heteroatoms. The molecule has 2 rings (SSSR count). The number of benzene rings is 1. The summed E-state index contributed by atoms with van der Waals surface area (Å²) in [6.07, 6.45) is 2.07. The number of nitrogens with zero attached hydrogens (tertiary/aromatic N) is 2. The van der Waals surface area contributed by atoms with Crippen LogP contribution in [0.4, 0.5) is 15.8 Å². The van der Waals surface area contributed by atoms with Gasteiger partial charge in [-0.25, -0.2) is 4.39 Å². The average molecular weight is 297 g/mol. The largest absolute Gasteiger partial charge is 0.395 e. The van der Waals surface area contributed by atoms with Crippen LogP contribution in [0.25, 0.3) is 0 Å². The van der Waals surface area contributed by atoms with Gasteiger partial charge in [0, 0.05) is 19.1 Å². The number of anilines is 1. The minimum Gasteiger partial charge on any atom is -0.395 e. The maximum Gasteiger partial charge on any atom is 0.295 e. The van der Waals surface area contributed by atoms with Crippen LogP contribution in [0.2, 0.25) is 0 Å². The number of aliphatic hydroxyl groups is 1. The van der Waals surface area contributed by atoms with E-state index in [0.29, 0.717) is 17.8 Å². The third kappa shape index (κ3) is 3.68. The van der Waals surface area contributed by atoms with Crippen molar-refractivity contribution < 1.29 is 14.4 Å². The quantitative estimate of drug-likeness (QED) is 0.616. The normalized spacial score (nSPS) is 18.0. The second-order valence-corrected chi connectivity index (χ2v) is 5.31. The van der Waals surface area contributed by atoms with E-state index in [2.05, 4.69) is 5.32 Å². The Bertz CT molecular complexity index is 518. The van der Waals surface area contributed by atoms with E-state index in [1.165, 1.54) is 6.07 Å². The molecule has 21 heavy (non-hydrogen) atoms. The summed E-state index contributed by atoms with van der Waals surface area (Å²) in [6, 6.07) is 2.68. The average Bonchev–Trinajstić information content (AvgIpc) is 2.93. The minimum absolute atomic E-state index is 0.111. The molecule has 1 aromatic carbocycles. The van der Waals surface area contributed by atoms with Crippen LogP contribution in [0, 0.1) is 22.9 Å². The maximum atomic E-state index is 13.6. The molecule has 0 saturated carbocycles. The second-order valence-electron chi connectivity index (χ2n) is 5.31. The first-order valence-electron chi connectivity index (χ1n) is 7.06. The van der Waals surface area contributed by atoms with E-state index < -0.39 is 10.7 Å². The van der Waals surface area contributed by atoms with Gasteiger partial charge < -0.3 is 15.3 Å². The molecule has 6 nitrogen and oxygen atoms in total. The first-order chi connectivity index (χ1) is 10.0. The zero-order valence-corrected chi connectivity index (χ0v) is 12.0. The van der Waals surface area contributed by atoms with E-state index >= 15 is 0 Å². The molecule has 0 spiro atoms.